The van der Waals surface area contributed by atoms with Crippen molar-refractivity contribution in [2.24, 2.45) is 0 Å². The van der Waals surface area contributed by atoms with Crippen LogP contribution in [0.5, 0.6) is 0 Å². The molecule has 9 nitrogen and oxygen atoms in total. The Hall–Kier alpha value is -3.92. The monoisotopic (exact) mass is 460 g/mol. The lowest BCUT2D eigenvalue weighted by molar-refractivity contribution is -0.115. The van der Waals surface area contributed by atoms with Crippen molar-refractivity contribution in [1.82, 2.24) is 24.3 Å². The van der Waals surface area contributed by atoms with Crippen molar-refractivity contribution in [2.45, 2.75) is 31.2 Å². The molecule has 33 heavy (non-hydrogen) atoms. The van der Waals surface area contributed by atoms with Crippen LogP contribution in [0.25, 0.3) is 22.4 Å². The molecule has 0 aliphatic carbocycles. The summed E-state index contributed by atoms with van der Waals surface area (Å²) in [4.78, 5) is 26.1. The zero-order valence-corrected chi connectivity index (χ0v) is 19.0. The van der Waals surface area contributed by atoms with Crippen molar-refractivity contribution in [3.8, 4) is 5.69 Å². The van der Waals surface area contributed by atoms with Crippen molar-refractivity contribution >= 4 is 40.2 Å². The van der Waals surface area contributed by atoms with Gasteiger partial charge in [-0.1, -0.05) is 46.7 Å². The second-order valence-electron chi connectivity index (χ2n) is 7.68. The largest absolute Gasteiger partial charge is 0.360 e. The zero-order valence-electron chi connectivity index (χ0n) is 18.1. The fourth-order valence-electron chi connectivity index (χ4n) is 3.55. The predicted molar refractivity (Wildman–Crippen MR) is 126 cm³/mol. The number of nitrogens with one attached hydrogen (secondary N) is 1. The Morgan fingerprint density at radius 3 is 2.58 bits per heavy atom. The van der Waals surface area contributed by atoms with Crippen molar-refractivity contribution in [2.75, 3.05) is 5.32 Å². The van der Waals surface area contributed by atoms with E-state index in [1.54, 1.807) is 30.5 Å². The first-order valence-corrected chi connectivity index (χ1v) is 11.2. The molecule has 0 aliphatic rings. The number of aromatic nitrogens is 5. The molecule has 0 aliphatic heterocycles. The number of fused-ring (bicyclic) bond motifs is 3. The van der Waals surface area contributed by atoms with Crippen molar-refractivity contribution in [1.29, 1.82) is 0 Å². The Morgan fingerprint density at radius 1 is 1.09 bits per heavy atom. The Balaban J connectivity index is 1.60. The number of rotatable bonds is 5. The lowest BCUT2D eigenvalue weighted by Crippen LogP contribution is -2.23. The number of hydrogen-bond acceptors (Lipinski definition) is 7. The van der Waals surface area contributed by atoms with Crippen LogP contribution in [-0.2, 0) is 4.79 Å². The Labute approximate surface area is 192 Å². The van der Waals surface area contributed by atoms with Gasteiger partial charge < -0.3 is 9.84 Å². The second kappa shape index (κ2) is 8.21. The quantitative estimate of drug-likeness (QED) is 0.398. The molecule has 5 aromatic rings. The van der Waals surface area contributed by atoms with Crippen LogP contribution in [0.4, 0.5) is 5.82 Å². The molecule has 3 aromatic heterocycles. The minimum atomic E-state index is -0.507. The van der Waals surface area contributed by atoms with Crippen LogP contribution in [-0.4, -0.2) is 35.5 Å². The minimum Gasteiger partial charge on any atom is -0.360 e. The van der Waals surface area contributed by atoms with E-state index in [4.69, 9.17) is 4.52 Å². The molecule has 0 bridgehead atoms. The molecule has 1 amide bonds. The van der Waals surface area contributed by atoms with E-state index < -0.39 is 5.25 Å². The molecule has 166 valence electrons. The summed E-state index contributed by atoms with van der Waals surface area (Å²) < 4.78 is 8.35. The van der Waals surface area contributed by atoms with E-state index in [1.165, 1.54) is 11.8 Å². The second-order valence-corrected chi connectivity index (χ2v) is 8.99. The Bertz CT molecular complexity index is 1550. The van der Waals surface area contributed by atoms with Crippen LogP contribution in [0.3, 0.4) is 0 Å². The fourth-order valence-corrected chi connectivity index (χ4v) is 4.40. The smallest absolute Gasteiger partial charge is 0.267 e. The summed E-state index contributed by atoms with van der Waals surface area (Å²) in [5.41, 5.74) is 2.27. The summed E-state index contributed by atoms with van der Waals surface area (Å²) in [7, 11) is 0. The van der Waals surface area contributed by atoms with E-state index in [-0.39, 0.29) is 11.5 Å². The molecule has 0 spiro atoms. The van der Waals surface area contributed by atoms with E-state index in [9.17, 15) is 9.59 Å². The maximum Gasteiger partial charge on any atom is 0.267 e. The fraction of sp³-hybridized carbons (Fsp3) is 0.174. The van der Waals surface area contributed by atoms with Crippen LogP contribution in [0.2, 0.25) is 0 Å². The van der Waals surface area contributed by atoms with Gasteiger partial charge in [0.15, 0.2) is 11.0 Å². The van der Waals surface area contributed by atoms with Gasteiger partial charge in [-0.05, 0) is 45.0 Å². The van der Waals surface area contributed by atoms with E-state index >= 15 is 0 Å². The van der Waals surface area contributed by atoms with E-state index in [2.05, 4.69) is 20.7 Å². The van der Waals surface area contributed by atoms with Gasteiger partial charge in [0.1, 0.15) is 5.76 Å². The molecule has 0 radical (unpaired) electrons. The molecule has 0 saturated carbocycles. The van der Waals surface area contributed by atoms with Gasteiger partial charge in [-0.15, -0.1) is 10.2 Å². The molecule has 3 heterocycles. The highest BCUT2D eigenvalue weighted by molar-refractivity contribution is 8.00. The number of para-hydroxylation sites is 1. The maximum absolute atomic E-state index is 13.4. The van der Waals surface area contributed by atoms with E-state index in [0.29, 0.717) is 39.1 Å². The average Bonchev–Trinajstić information content (AvgIpc) is 3.41. The average molecular weight is 461 g/mol. The lowest BCUT2D eigenvalue weighted by atomic mass is 10.2. The molecule has 0 saturated heterocycles. The highest BCUT2D eigenvalue weighted by atomic mass is 32.2. The molecule has 10 heteroatoms. The summed E-state index contributed by atoms with van der Waals surface area (Å²) >= 11 is 1.24. The number of carbonyl (C=O) groups is 1. The summed E-state index contributed by atoms with van der Waals surface area (Å²) in [6.45, 7) is 5.51. The molecule has 2 aromatic carbocycles. The van der Waals surface area contributed by atoms with Gasteiger partial charge in [0.2, 0.25) is 11.7 Å². The molecule has 5 rings (SSSR count). The molecular formula is C23H20N6O3S. The number of hydrogen-bond donors (Lipinski definition) is 1. The molecule has 1 N–H and O–H groups in total. The number of aryl methyl sites for hydroxylation is 2. The van der Waals surface area contributed by atoms with E-state index in [0.717, 1.165) is 5.56 Å². The van der Waals surface area contributed by atoms with Crippen LogP contribution in [0, 0.1) is 13.8 Å². The summed E-state index contributed by atoms with van der Waals surface area (Å²) in [6.07, 6.45) is 0. The Morgan fingerprint density at radius 2 is 1.85 bits per heavy atom. The number of benzene rings is 2. The third-order valence-electron chi connectivity index (χ3n) is 5.22. The first-order valence-electron chi connectivity index (χ1n) is 10.3. The number of carbonyl (C=O) groups excluding carboxylic acids is 1. The first kappa shape index (κ1) is 21.0. The van der Waals surface area contributed by atoms with Gasteiger partial charge in [-0.25, -0.2) is 4.57 Å². The third-order valence-corrected chi connectivity index (χ3v) is 6.26. The van der Waals surface area contributed by atoms with Crippen LogP contribution < -0.4 is 10.9 Å². The van der Waals surface area contributed by atoms with Crippen LogP contribution in [0.15, 0.2) is 69.1 Å². The minimum absolute atomic E-state index is 0.182. The highest BCUT2D eigenvalue weighted by Crippen LogP contribution is 2.27. The number of anilines is 1. The lowest BCUT2D eigenvalue weighted by Gasteiger charge is -2.13. The molecule has 0 fully saturated rings. The molecular weight excluding hydrogens is 440 g/mol. The third kappa shape index (κ3) is 3.78. The highest BCUT2D eigenvalue weighted by Gasteiger charge is 2.22. The van der Waals surface area contributed by atoms with Gasteiger partial charge in [-0.2, -0.15) is 0 Å². The topological polar surface area (TPSA) is 107 Å². The summed E-state index contributed by atoms with van der Waals surface area (Å²) in [6, 6.07) is 16.6. The molecule has 1 unspecified atom stereocenters. The standard InChI is InChI=1S/C23H20N6O3S/c1-13-8-10-16(11-9-13)28-21(31)17-6-4-5-7-18(17)29-22(28)25-26-23(29)33-15(3)20(30)24-19-12-14(2)32-27-19/h4-12,15H,1-3H3,(H,24,27,30). The normalized spacial score (nSPS) is 12.3. The zero-order chi connectivity index (χ0) is 23.1. The Kier molecular flexibility index (Phi) is 5.21. The number of amides is 1. The van der Waals surface area contributed by atoms with Crippen molar-refractivity contribution < 1.29 is 9.32 Å². The SMILES string of the molecule is Cc1ccc(-n2c(=O)c3ccccc3n3c(SC(C)C(=O)Nc4cc(C)on4)nnc23)cc1. The van der Waals surface area contributed by atoms with Gasteiger partial charge in [0.25, 0.3) is 5.56 Å². The van der Waals surface area contributed by atoms with Crippen LogP contribution in [0.1, 0.15) is 18.2 Å². The van der Waals surface area contributed by atoms with Crippen molar-refractivity contribution in [3.63, 3.8) is 0 Å². The van der Waals surface area contributed by atoms with Gasteiger partial charge in [-0.3, -0.25) is 14.0 Å². The maximum atomic E-state index is 13.4. The summed E-state index contributed by atoms with van der Waals surface area (Å²) in [5.74, 6) is 1.09. The van der Waals surface area contributed by atoms with Crippen LogP contribution >= 0.6 is 11.8 Å². The van der Waals surface area contributed by atoms with Gasteiger partial charge in [0, 0.05) is 6.07 Å². The first-order chi connectivity index (χ1) is 15.9. The predicted octanol–water partition coefficient (Wildman–Crippen LogP) is 3.76. The number of nitrogens with zero attached hydrogens (tertiary/aromatic N) is 5. The van der Waals surface area contributed by atoms with Gasteiger partial charge in [0.05, 0.1) is 21.8 Å². The van der Waals surface area contributed by atoms with Gasteiger partial charge >= 0.3 is 0 Å². The number of thioether (sulfide) groups is 1. The van der Waals surface area contributed by atoms with Crippen molar-refractivity contribution in [3.05, 3.63) is 76.3 Å². The molecule has 1 atom stereocenters. The van der Waals surface area contributed by atoms with E-state index in [1.807, 2.05) is 53.8 Å². The summed E-state index contributed by atoms with van der Waals surface area (Å²) in [5, 5.41) is 15.7.